The SMILES string of the molecule is C=NN(/C=N\C)Cc1ccc(Nc2nccc3[nH]nc(C)c23)cc1. The Balaban J connectivity index is 1.78. The summed E-state index contributed by atoms with van der Waals surface area (Å²) in [6.45, 7) is 6.12. The highest BCUT2D eigenvalue weighted by molar-refractivity contribution is 5.92. The molecule has 24 heavy (non-hydrogen) atoms. The molecule has 0 saturated heterocycles. The molecule has 0 unspecified atom stereocenters. The van der Waals surface area contributed by atoms with Crippen molar-refractivity contribution in [1.29, 1.82) is 0 Å². The number of nitrogens with one attached hydrogen (secondary N) is 2. The minimum Gasteiger partial charge on any atom is -0.340 e. The Morgan fingerprint density at radius 2 is 2.08 bits per heavy atom. The van der Waals surface area contributed by atoms with E-state index < -0.39 is 0 Å². The van der Waals surface area contributed by atoms with E-state index in [4.69, 9.17) is 0 Å². The van der Waals surface area contributed by atoms with E-state index in [2.05, 4.69) is 37.3 Å². The minimum absolute atomic E-state index is 0.621. The van der Waals surface area contributed by atoms with Gasteiger partial charge in [-0.1, -0.05) is 12.1 Å². The molecule has 3 aromatic rings. The quantitative estimate of drug-likeness (QED) is 0.415. The fourth-order valence-corrected chi connectivity index (χ4v) is 2.49. The first-order valence-corrected chi connectivity index (χ1v) is 7.52. The predicted octanol–water partition coefficient (Wildman–Crippen LogP) is 3.09. The van der Waals surface area contributed by atoms with Crippen molar-refractivity contribution < 1.29 is 0 Å². The van der Waals surface area contributed by atoms with Crippen molar-refractivity contribution in [3.8, 4) is 0 Å². The van der Waals surface area contributed by atoms with Crippen molar-refractivity contribution in [2.75, 3.05) is 12.4 Å². The van der Waals surface area contributed by atoms with Crippen LogP contribution in [0.1, 0.15) is 11.3 Å². The first kappa shape index (κ1) is 15.7. The number of aliphatic imine (C=N–C) groups is 1. The van der Waals surface area contributed by atoms with Gasteiger partial charge in [0.2, 0.25) is 0 Å². The second-order valence-corrected chi connectivity index (χ2v) is 5.33. The summed E-state index contributed by atoms with van der Waals surface area (Å²) < 4.78 is 0. The molecule has 122 valence electrons. The molecule has 0 amide bonds. The summed E-state index contributed by atoms with van der Waals surface area (Å²) in [5.41, 5.74) is 3.96. The van der Waals surface area contributed by atoms with Crippen LogP contribution in [-0.4, -0.2) is 40.3 Å². The number of aryl methyl sites for hydroxylation is 1. The zero-order chi connectivity index (χ0) is 16.9. The molecule has 0 aliphatic carbocycles. The molecule has 2 N–H and O–H groups in total. The number of aromatic nitrogens is 3. The number of H-pyrrole nitrogens is 1. The molecule has 0 radical (unpaired) electrons. The summed E-state index contributed by atoms with van der Waals surface area (Å²) in [6.07, 6.45) is 3.40. The highest BCUT2D eigenvalue weighted by Gasteiger charge is 2.08. The maximum absolute atomic E-state index is 4.42. The van der Waals surface area contributed by atoms with Crippen LogP contribution >= 0.6 is 0 Å². The Hall–Kier alpha value is -3.22. The number of benzene rings is 1. The van der Waals surface area contributed by atoms with Gasteiger partial charge in [-0.15, -0.1) is 0 Å². The van der Waals surface area contributed by atoms with Gasteiger partial charge in [-0.2, -0.15) is 10.2 Å². The molecule has 1 aromatic carbocycles. The lowest BCUT2D eigenvalue weighted by atomic mass is 10.2. The predicted molar refractivity (Wildman–Crippen MR) is 97.9 cm³/mol. The molecule has 7 heteroatoms. The van der Waals surface area contributed by atoms with E-state index in [1.54, 1.807) is 24.6 Å². The Labute approximate surface area is 140 Å². The molecule has 0 atom stereocenters. The number of hydrogen-bond donors (Lipinski definition) is 2. The topological polar surface area (TPSA) is 81.6 Å². The van der Waals surface area contributed by atoms with E-state index in [1.807, 2.05) is 37.3 Å². The van der Waals surface area contributed by atoms with Gasteiger partial charge in [-0.05, 0) is 30.7 Å². The van der Waals surface area contributed by atoms with Gasteiger partial charge < -0.3 is 5.32 Å². The number of rotatable bonds is 6. The molecular weight excluding hydrogens is 302 g/mol. The maximum Gasteiger partial charge on any atom is 0.141 e. The van der Waals surface area contributed by atoms with E-state index in [0.717, 1.165) is 33.7 Å². The molecule has 2 aromatic heterocycles. The number of hydrogen-bond acceptors (Lipinski definition) is 5. The Morgan fingerprint density at radius 3 is 2.79 bits per heavy atom. The van der Waals surface area contributed by atoms with Crippen LogP contribution in [-0.2, 0) is 6.54 Å². The third-order valence-electron chi connectivity index (χ3n) is 3.65. The molecule has 0 aliphatic heterocycles. The van der Waals surface area contributed by atoms with Crippen LogP contribution in [0.2, 0.25) is 0 Å². The number of pyridine rings is 1. The van der Waals surface area contributed by atoms with Crippen LogP contribution in [0, 0.1) is 6.92 Å². The summed E-state index contributed by atoms with van der Waals surface area (Å²) in [7, 11) is 1.71. The van der Waals surface area contributed by atoms with Crippen LogP contribution in [0.15, 0.2) is 46.6 Å². The second-order valence-electron chi connectivity index (χ2n) is 5.33. The molecular formula is C17H19N7. The standard InChI is InChI=1S/C17H19N7/c1-12-16-15(23-22-12)8-9-20-17(16)21-14-6-4-13(5-7-14)10-24(19-3)11-18-2/h4-9,11H,3,10H2,1-2H3,(H,20,21)(H,22,23)/b18-11-. The number of aromatic amines is 1. The monoisotopic (exact) mass is 321 g/mol. The molecule has 7 nitrogen and oxygen atoms in total. The van der Waals surface area contributed by atoms with Crippen molar-refractivity contribution >= 4 is 35.5 Å². The third kappa shape index (κ3) is 3.24. The normalized spacial score (nSPS) is 11.1. The van der Waals surface area contributed by atoms with E-state index >= 15 is 0 Å². The zero-order valence-corrected chi connectivity index (χ0v) is 13.7. The Kier molecular flexibility index (Phi) is 4.51. The zero-order valence-electron chi connectivity index (χ0n) is 13.7. The van der Waals surface area contributed by atoms with Gasteiger partial charge in [0.1, 0.15) is 12.2 Å². The second kappa shape index (κ2) is 6.91. The smallest absolute Gasteiger partial charge is 0.141 e. The number of nitrogens with zero attached hydrogens (tertiary/aromatic N) is 5. The molecule has 0 saturated carbocycles. The minimum atomic E-state index is 0.621. The van der Waals surface area contributed by atoms with Gasteiger partial charge in [0, 0.05) is 25.6 Å². The van der Waals surface area contributed by atoms with Crippen LogP contribution in [0.25, 0.3) is 10.9 Å². The van der Waals surface area contributed by atoms with Crippen LogP contribution in [0.3, 0.4) is 0 Å². The highest BCUT2D eigenvalue weighted by atomic mass is 15.4. The van der Waals surface area contributed by atoms with Crippen molar-refractivity contribution in [3.05, 3.63) is 47.8 Å². The summed E-state index contributed by atoms with van der Waals surface area (Å²) in [5, 5.41) is 17.2. The van der Waals surface area contributed by atoms with Crippen molar-refractivity contribution in [1.82, 2.24) is 20.2 Å². The summed E-state index contributed by atoms with van der Waals surface area (Å²) in [5.74, 6) is 0.791. The molecule has 0 aliphatic rings. The van der Waals surface area contributed by atoms with Crippen molar-refractivity contribution in [2.45, 2.75) is 13.5 Å². The van der Waals surface area contributed by atoms with E-state index in [1.165, 1.54) is 0 Å². The molecule has 3 rings (SSSR count). The first-order chi connectivity index (χ1) is 11.7. The number of anilines is 2. The average molecular weight is 321 g/mol. The average Bonchev–Trinajstić information content (AvgIpc) is 2.98. The fourth-order valence-electron chi connectivity index (χ4n) is 2.49. The molecule has 2 heterocycles. The summed E-state index contributed by atoms with van der Waals surface area (Å²) in [4.78, 5) is 8.37. The van der Waals surface area contributed by atoms with Crippen LogP contribution in [0.4, 0.5) is 11.5 Å². The summed E-state index contributed by atoms with van der Waals surface area (Å²) >= 11 is 0. The molecule has 0 bridgehead atoms. The fraction of sp³-hybridized carbons (Fsp3) is 0.176. The lowest BCUT2D eigenvalue weighted by molar-refractivity contribution is 0.456. The van der Waals surface area contributed by atoms with Gasteiger partial charge in [0.25, 0.3) is 0 Å². The van der Waals surface area contributed by atoms with Gasteiger partial charge in [-0.3, -0.25) is 15.1 Å². The first-order valence-electron chi connectivity index (χ1n) is 7.52. The van der Waals surface area contributed by atoms with Crippen molar-refractivity contribution in [2.24, 2.45) is 10.1 Å². The largest absolute Gasteiger partial charge is 0.340 e. The maximum atomic E-state index is 4.42. The van der Waals surface area contributed by atoms with E-state index in [-0.39, 0.29) is 0 Å². The molecule has 0 fully saturated rings. The van der Waals surface area contributed by atoms with E-state index in [9.17, 15) is 0 Å². The van der Waals surface area contributed by atoms with Gasteiger partial charge in [-0.25, -0.2) is 4.98 Å². The summed E-state index contributed by atoms with van der Waals surface area (Å²) in [6, 6.07) is 10.00. The highest BCUT2D eigenvalue weighted by Crippen LogP contribution is 2.25. The molecule has 0 spiro atoms. The third-order valence-corrected chi connectivity index (χ3v) is 3.65. The van der Waals surface area contributed by atoms with Gasteiger partial charge in [0.05, 0.1) is 23.1 Å². The Morgan fingerprint density at radius 1 is 1.29 bits per heavy atom. The van der Waals surface area contributed by atoms with E-state index in [0.29, 0.717) is 6.54 Å². The number of fused-ring (bicyclic) bond motifs is 1. The lowest BCUT2D eigenvalue weighted by Gasteiger charge is -2.13. The number of hydrazone groups is 1. The van der Waals surface area contributed by atoms with Crippen LogP contribution in [0.5, 0.6) is 0 Å². The van der Waals surface area contributed by atoms with Gasteiger partial charge in [0.15, 0.2) is 0 Å². The van der Waals surface area contributed by atoms with Crippen molar-refractivity contribution in [3.63, 3.8) is 0 Å². The van der Waals surface area contributed by atoms with Gasteiger partial charge >= 0.3 is 0 Å². The Bertz CT molecular complexity index is 864. The lowest BCUT2D eigenvalue weighted by Crippen LogP contribution is -2.13. The van der Waals surface area contributed by atoms with Crippen LogP contribution < -0.4 is 5.32 Å².